The highest BCUT2D eigenvalue weighted by Gasteiger charge is 2.41. The van der Waals surface area contributed by atoms with Gasteiger partial charge in [0.1, 0.15) is 6.10 Å². The summed E-state index contributed by atoms with van der Waals surface area (Å²) in [7, 11) is -3.95. The van der Waals surface area contributed by atoms with Crippen LogP contribution in [0.25, 0.3) is 10.2 Å². The molecular weight excluding hydrogens is 609 g/mol. The average molecular weight is 649 g/mol. The molecule has 0 spiro atoms. The van der Waals surface area contributed by atoms with Crippen LogP contribution in [0.15, 0.2) is 57.8 Å². The first-order valence-electron chi connectivity index (χ1n) is 14.7. The lowest BCUT2D eigenvalue weighted by molar-refractivity contribution is -0.195. The Hall–Kier alpha value is -2.06. The molecule has 234 valence electrons. The number of ether oxygens (including phenoxy) is 3. The Balaban J connectivity index is 1.35. The van der Waals surface area contributed by atoms with Gasteiger partial charge in [0, 0.05) is 31.3 Å². The number of carbonyl (C=O) groups excluding carboxylic acids is 1. The van der Waals surface area contributed by atoms with Crippen molar-refractivity contribution in [2.45, 2.75) is 67.3 Å². The summed E-state index contributed by atoms with van der Waals surface area (Å²) < 4.78 is 48.2. The standard InChI is InChI=1S/C31H40N2O7S3/c1-20(2)18-33(43(36,37)23-9-10-25-28(17-23)42-31(32-25)41-3)19-26(34)22(15-21-7-5-4-6-8-21)16-29(35)40-27-12-14-39-30-24(27)11-13-38-30/h4-10,17,20,22,24,26-27,30,34H,11-16,18-19H2,1-3H3/t22-,24+,26-,27+,30-/m1/s1. The maximum absolute atomic E-state index is 14.0. The number of hydrogen-bond acceptors (Lipinski definition) is 10. The van der Waals surface area contributed by atoms with E-state index in [9.17, 15) is 18.3 Å². The van der Waals surface area contributed by atoms with Crippen molar-refractivity contribution in [3.05, 3.63) is 54.1 Å². The normalized spacial score (nSPS) is 22.1. The van der Waals surface area contributed by atoms with Crippen LogP contribution in [0.2, 0.25) is 0 Å². The first kappa shape index (κ1) is 32.3. The predicted octanol–water partition coefficient (Wildman–Crippen LogP) is 4.97. The summed E-state index contributed by atoms with van der Waals surface area (Å²) in [5.41, 5.74) is 1.71. The second kappa shape index (κ2) is 14.4. The van der Waals surface area contributed by atoms with Gasteiger partial charge in [-0.15, -0.1) is 11.3 Å². The molecule has 5 rings (SSSR count). The minimum Gasteiger partial charge on any atom is -0.462 e. The van der Waals surface area contributed by atoms with Crippen molar-refractivity contribution in [2.75, 3.05) is 32.6 Å². The van der Waals surface area contributed by atoms with Crippen LogP contribution in [0.1, 0.15) is 38.7 Å². The monoisotopic (exact) mass is 648 g/mol. The summed E-state index contributed by atoms with van der Waals surface area (Å²) in [4.78, 5) is 18.0. The molecule has 0 radical (unpaired) electrons. The van der Waals surface area contributed by atoms with Gasteiger partial charge in [0.05, 0.1) is 40.9 Å². The summed E-state index contributed by atoms with van der Waals surface area (Å²) in [6.45, 7) is 5.01. The number of esters is 1. The second-order valence-electron chi connectivity index (χ2n) is 11.6. The molecule has 2 saturated heterocycles. The van der Waals surface area contributed by atoms with Crippen molar-refractivity contribution in [1.29, 1.82) is 0 Å². The van der Waals surface area contributed by atoms with E-state index in [4.69, 9.17) is 14.2 Å². The van der Waals surface area contributed by atoms with Gasteiger partial charge in [0.15, 0.2) is 10.6 Å². The van der Waals surface area contributed by atoms with Gasteiger partial charge in [0.25, 0.3) is 0 Å². The third-order valence-corrected chi connectivity index (χ3v) is 11.8. The number of fused-ring (bicyclic) bond motifs is 2. The molecule has 2 fully saturated rings. The Kier molecular flexibility index (Phi) is 10.8. The molecule has 43 heavy (non-hydrogen) atoms. The van der Waals surface area contributed by atoms with Crippen LogP contribution < -0.4 is 0 Å². The van der Waals surface area contributed by atoms with Gasteiger partial charge in [-0.3, -0.25) is 4.79 Å². The van der Waals surface area contributed by atoms with Crippen molar-refractivity contribution >= 4 is 49.3 Å². The fourth-order valence-electron chi connectivity index (χ4n) is 5.78. The van der Waals surface area contributed by atoms with Crippen LogP contribution in [0.5, 0.6) is 0 Å². The lowest BCUT2D eigenvalue weighted by Gasteiger charge is -2.33. The van der Waals surface area contributed by atoms with Crippen molar-refractivity contribution in [3.63, 3.8) is 0 Å². The van der Waals surface area contributed by atoms with Crippen molar-refractivity contribution in [3.8, 4) is 0 Å². The van der Waals surface area contributed by atoms with Crippen LogP contribution in [-0.2, 0) is 35.4 Å². The van der Waals surface area contributed by atoms with E-state index in [1.165, 1.54) is 27.4 Å². The molecular formula is C31H40N2O7S3. The lowest BCUT2D eigenvalue weighted by Crippen LogP contribution is -2.43. The average Bonchev–Trinajstić information content (AvgIpc) is 3.64. The van der Waals surface area contributed by atoms with E-state index in [1.54, 1.807) is 18.2 Å². The van der Waals surface area contributed by atoms with Crippen LogP contribution in [0.4, 0.5) is 0 Å². The Morgan fingerprint density at radius 1 is 1.14 bits per heavy atom. The van der Waals surface area contributed by atoms with E-state index in [-0.39, 0.29) is 48.6 Å². The molecule has 2 aromatic carbocycles. The van der Waals surface area contributed by atoms with Gasteiger partial charge < -0.3 is 19.3 Å². The van der Waals surface area contributed by atoms with E-state index in [1.807, 2.05) is 50.4 Å². The summed E-state index contributed by atoms with van der Waals surface area (Å²) >= 11 is 2.97. The first-order valence-corrected chi connectivity index (χ1v) is 18.2. The summed E-state index contributed by atoms with van der Waals surface area (Å²) in [5.74, 6) is -0.936. The zero-order valence-electron chi connectivity index (χ0n) is 24.8. The van der Waals surface area contributed by atoms with Gasteiger partial charge in [0.2, 0.25) is 10.0 Å². The molecule has 12 heteroatoms. The molecule has 0 unspecified atom stereocenters. The Morgan fingerprint density at radius 2 is 1.88 bits per heavy atom. The van der Waals surface area contributed by atoms with Crippen LogP contribution in [0.3, 0.4) is 0 Å². The molecule has 2 aliphatic heterocycles. The number of carbonyl (C=O) groups is 1. The van der Waals surface area contributed by atoms with Crippen molar-refractivity contribution < 1.29 is 32.5 Å². The third-order valence-electron chi connectivity index (χ3n) is 7.95. The van der Waals surface area contributed by atoms with Gasteiger partial charge in [-0.25, -0.2) is 13.4 Å². The molecule has 1 N–H and O–H groups in total. The number of thioether (sulfide) groups is 1. The van der Waals surface area contributed by atoms with E-state index in [0.29, 0.717) is 26.1 Å². The minimum atomic E-state index is -3.95. The topological polar surface area (TPSA) is 115 Å². The third kappa shape index (κ3) is 7.97. The molecule has 2 aliphatic rings. The van der Waals surface area contributed by atoms with Gasteiger partial charge in [-0.1, -0.05) is 55.9 Å². The smallest absolute Gasteiger partial charge is 0.306 e. The number of thiazole rings is 1. The number of hydrogen-bond donors (Lipinski definition) is 1. The SMILES string of the molecule is CSc1nc2ccc(S(=O)(=O)N(CC(C)C)C[C@@H](O)[C@@H](CC(=O)O[C@H]3CCO[C@H]4OCC[C@H]43)Cc3ccccc3)cc2s1. The number of benzene rings is 2. The number of rotatable bonds is 13. The van der Waals surface area contributed by atoms with Crippen LogP contribution >= 0.6 is 23.1 Å². The Morgan fingerprint density at radius 3 is 2.60 bits per heavy atom. The number of nitrogens with zero attached hydrogens (tertiary/aromatic N) is 2. The molecule has 1 aromatic heterocycles. The first-order chi connectivity index (χ1) is 20.6. The molecule has 0 saturated carbocycles. The van der Waals surface area contributed by atoms with E-state index >= 15 is 0 Å². The molecule has 9 nitrogen and oxygen atoms in total. The van der Waals surface area contributed by atoms with Crippen LogP contribution in [-0.4, -0.2) is 79.8 Å². The minimum absolute atomic E-state index is 0.00440. The fraction of sp³-hybridized carbons (Fsp3) is 0.548. The highest BCUT2D eigenvalue weighted by atomic mass is 32.2. The largest absolute Gasteiger partial charge is 0.462 e. The zero-order chi connectivity index (χ0) is 30.6. The summed E-state index contributed by atoms with van der Waals surface area (Å²) in [6.07, 6.45) is 1.93. The maximum atomic E-state index is 14.0. The number of aliphatic hydroxyl groups excluding tert-OH is 1. The van der Waals surface area contributed by atoms with Gasteiger partial charge >= 0.3 is 5.97 Å². The molecule has 5 atom stereocenters. The molecule has 0 aliphatic carbocycles. The van der Waals surface area contributed by atoms with Crippen LogP contribution in [0, 0.1) is 17.8 Å². The second-order valence-corrected chi connectivity index (χ2v) is 15.7. The highest BCUT2D eigenvalue weighted by Crippen LogP contribution is 2.34. The lowest BCUT2D eigenvalue weighted by atomic mass is 9.90. The molecule has 3 aromatic rings. The molecule has 3 heterocycles. The number of sulfonamides is 1. The fourth-order valence-corrected chi connectivity index (χ4v) is 9.03. The Labute approximate surface area is 262 Å². The molecule has 0 amide bonds. The Bertz CT molecular complexity index is 1480. The van der Waals surface area contributed by atoms with E-state index < -0.39 is 28.0 Å². The zero-order valence-corrected chi connectivity index (χ0v) is 27.2. The van der Waals surface area contributed by atoms with Gasteiger partial charge in [-0.2, -0.15) is 4.31 Å². The highest BCUT2D eigenvalue weighted by molar-refractivity contribution is 8.00. The van der Waals surface area contributed by atoms with Crippen molar-refractivity contribution in [2.24, 2.45) is 17.8 Å². The molecule has 0 bridgehead atoms. The van der Waals surface area contributed by atoms with E-state index in [2.05, 4.69) is 4.98 Å². The van der Waals surface area contributed by atoms with Crippen molar-refractivity contribution in [1.82, 2.24) is 9.29 Å². The maximum Gasteiger partial charge on any atom is 0.306 e. The van der Waals surface area contributed by atoms with Gasteiger partial charge in [-0.05, 0) is 48.8 Å². The van der Waals surface area contributed by atoms with E-state index in [0.717, 1.165) is 26.5 Å². The number of aromatic nitrogens is 1. The summed E-state index contributed by atoms with van der Waals surface area (Å²) in [6, 6.07) is 14.6. The summed E-state index contributed by atoms with van der Waals surface area (Å²) in [5, 5.41) is 11.6. The predicted molar refractivity (Wildman–Crippen MR) is 168 cm³/mol. The quantitative estimate of drug-likeness (QED) is 0.203. The number of aliphatic hydroxyl groups is 1.